The van der Waals surface area contributed by atoms with Crippen LogP contribution in [0.2, 0.25) is 0 Å². The van der Waals surface area contributed by atoms with Crippen molar-refractivity contribution in [1.82, 2.24) is 5.32 Å². The Labute approximate surface area is 139 Å². The van der Waals surface area contributed by atoms with E-state index < -0.39 is 0 Å². The van der Waals surface area contributed by atoms with E-state index in [9.17, 15) is 0 Å². The van der Waals surface area contributed by atoms with Crippen molar-refractivity contribution in [2.45, 2.75) is 40.3 Å². The van der Waals surface area contributed by atoms with Gasteiger partial charge in [-0.25, -0.2) is 0 Å². The Hall–Kier alpha value is -0.840. The first kappa shape index (κ1) is 16.5. The first-order chi connectivity index (χ1) is 10.1. The summed E-state index contributed by atoms with van der Waals surface area (Å²) >= 11 is 5.40. The number of ether oxygens (including phenoxy) is 1. The van der Waals surface area contributed by atoms with E-state index in [0.29, 0.717) is 0 Å². The SMILES string of the molecule is CCCOc1ccc(Br)cc1CNCc1cc(C)c(C)s1. The second-order valence-corrected chi connectivity index (χ2v) is 7.41. The lowest BCUT2D eigenvalue weighted by atomic mass is 10.2. The Morgan fingerprint density at radius 1 is 1.19 bits per heavy atom. The van der Waals surface area contributed by atoms with Gasteiger partial charge in [-0.15, -0.1) is 11.3 Å². The molecule has 1 N–H and O–H groups in total. The minimum Gasteiger partial charge on any atom is -0.493 e. The second kappa shape index (κ2) is 7.97. The number of hydrogen-bond acceptors (Lipinski definition) is 3. The highest BCUT2D eigenvalue weighted by atomic mass is 79.9. The van der Waals surface area contributed by atoms with Gasteiger partial charge in [0.25, 0.3) is 0 Å². The third-order valence-electron chi connectivity index (χ3n) is 3.32. The smallest absolute Gasteiger partial charge is 0.123 e. The topological polar surface area (TPSA) is 21.3 Å². The van der Waals surface area contributed by atoms with Gasteiger partial charge in [0.1, 0.15) is 5.75 Å². The van der Waals surface area contributed by atoms with Gasteiger partial charge in [0.05, 0.1) is 6.61 Å². The van der Waals surface area contributed by atoms with Crippen LogP contribution in [0.1, 0.15) is 34.2 Å². The van der Waals surface area contributed by atoms with E-state index in [1.807, 2.05) is 23.5 Å². The lowest BCUT2D eigenvalue weighted by Crippen LogP contribution is -2.13. The van der Waals surface area contributed by atoms with Crippen LogP contribution in [0, 0.1) is 13.8 Å². The Morgan fingerprint density at radius 2 is 2.00 bits per heavy atom. The molecule has 1 aromatic heterocycles. The zero-order valence-corrected chi connectivity index (χ0v) is 15.2. The highest BCUT2D eigenvalue weighted by molar-refractivity contribution is 9.10. The van der Waals surface area contributed by atoms with Crippen LogP contribution in [0.3, 0.4) is 0 Å². The maximum Gasteiger partial charge on any atom is 0.123 e. The quantitative estimate of drug-likeness (QED) is 0.725. The molecular weight excluding hydrogens is 346 g/mol. The molecule has 0 atom stereocenters. The van der Waals surface area contributed by atoms with E-state index in [2.05, 4.69) is 54.2 Å². The summed E-state index contributed by atoms with van der Waals surface area (Å²) < 4.78 is 6.90. The van der Waals surface area contributed by atoms with E-state index in [4.69, 9.17) is 4.74 Å². The minimum absolute atomic E-state index is 0.762. The van der Waals surface area contributed by atoms with Gasteiger partial charge in [-0.2, -0.15) is 0 Å². The summed E-state index contributed by atoms with van der Waals surface area (Å²) in [5.74, 6) is 0.978. The molecule has 2 nitrogen and oxygen atoms in total. The standard InChI is InChI=1S/C17H22BrNOS/c1-4-7-20-17-6-5-15(18)9-14(17)10-19-11-16-8-12(2)13(3)21-16/h5-6,8-9,19H,4,7,10-11H2,1-3H3. The van der Waals surface area contributed by atoms with Crippen molar-refractivity contribution >= 4 is 27.3 Å². The number of nitrogens with one attached hydrogen (secondary N) is 1. The zero-order valence-electron chi connectivity index (χ0n) is 12.8. The van der Waals surface area contributed by atoms with Crippen molar-refractivity contribution in [3.63, 3.8) is 0 Å². The normalized spacial score (nSPS) is 10.9. The molecule has 4 heteroatoms. The van der Waals surface area contributed by atoms with Crippen molar-refractivity contribution in [3.8, 4) is 5.75 Å². The van der Waals surface area contributed by atoms with Crippen LogP contribution >= 0.6 is 27.3 Å². The molecule has 0 unspecified atom stereocenters. The van der Waals surface area contributed by atoms with Gasteiger partial charge in [-0.05, 0) is 50.1 Å². The summed E-state index contributed by atoms with van der Waals surface area (Å²) in [6.07, 6.45) is 1.02. The summed E-state index contributed by atoms with van der Waals surface area (Å²) in [7, 11) is 0. The summed E-state index contributed by atoms with van der Waals surface area (Å²) in [4.78, 5) is 2.79. The first-order valence-corrected chi connectivity index (χ1v) is 8.89. The predicted molar refractivity (Wildman–Crippen MR) is 94.3 cm³/mol. The number of rotatable bonds is 7. The Balaban J connectivity index is 1.96. The van der Waals surface area contributed by atoms with Crippen LogP contribution in [0.4, 0.5) is 0 Å². The fourth-order valence-electron chi connectivity index (χ4n) is 2.10. The van der Waals surface area contributed by atoms with E-state index in [1.165, 1.54) is 20.9 Å². The second-order valence-electron chi connectivity index (χ2n) is 5.16. The molecule has 2 rings (SSSR count). The molecule has 0 saturated heterocycles. The maximum absolute atomic E-state index is 5.81. The molecule has 0 amide bonds. The van der Waals surface area contributed by atoms with Crippen molar-refractivity contribution < 1.29 is 4.74 Å². The summed E-state index contributed by atoms with van der Waals surface area (Å²) in [6.45, 7) is 8.94. The fourth-order valence-corrected chi connectivity index (χ4v) is 3.53. The van der Waals surface area contributed by atoms with Gasteiger partial charge in [0.15, 0.2) is 0 Å². The Morgan fingerprint density at radius 3 is 2.67 bits per heavy atom. The lowest BCUT2D eigenvalue weighted by Gasteiger charge is -2.12. The molecule has 1 heterocycles. The molecule has 0 aliphatic rings. The number of thiophene rings is 1. The number of halogens is 1. The van der Waals surface area contributed by atoms with Crippen LogP contribution in [-0.2, 0) is 13.1 Å². The fraction of sp³-hybridized carbons (Fsp3) is 0.412. The summed E-state index contributed by atoms with van der Waals surface area (Å²) in [5, 5.41) is 3.51. The van der Waals surface area contributed by atoms with E-state index in [1.54, 1.807) is 0 Å². The molecule has 0 aliphatic carbocycles. The van der Waals surface area contributed by atoms with Gasteiger partial charge in [0, 0.05) is 32.9 Å². The number of benzene rings is 1. The third kappa shape index (κ3) is 4.83. The molecule has 0 spiro atoms. The molecule has 21 heavy (non-hydrogen) atoms. The maximum atomic E-state index is 5.81. The zero-order chi connectivity index (χ0) is 15.2. The van der Waals surface area contributed by atoms with Gasteiger partial charge in [-0.3, -0.25) is 0 Å². The molecule has 1 aromatic carbocycles. The Bertz CT molecular complexity index is 575. The first-order valence-electron chi connectivity index (χ1n) is 7.28. The summed E-state index contributed by atoms with van der Waals surface area (Å²) in [6, 6.07) is 8.46. The largest absolute Gasteiger partial charge is 0.493 e. The van der Waals surface area contributed by atoms with Crippen LogP contribution in [0.25, 0.3) is 0 Å². The molecule has 0 radical (unpaired) electrons. The number of aryl methyl sites for hydroxylation is 2. The third-order valence-corrected chi connectivity index (χ3v) is 4.96. The molecule has 2 aromatic rings. The molecule has 0 bridgehead atoms. The van der Waals surface area contributed by atoms with Crippen molar-refractivity contribution in [3.05, 3.63) is 49.6 Å². The molecule has 114 valence electrons. The molecule has 0 fully saturated rings. The van der Waals surface area contributed by atoms with Crippen LogP contribution in [-0.4, -0.2) is 6.61 Å². The van der Waals surface area contributed by atoms with Gasteiger partial charge in [0.2, 0.25) is 0 Å². The van der Waals surface area contributed by atoms with E-state index >= 15 is 0 Å². The average molecular weight is 368 g/mol. The van der Waals surface area contributed by atoms with Crippen LogP contribution in [0.15, 0.2) is 28.7 Å². The van der Waals surface area contributed by atoms with Crippen molar-refractivity contribution in [1.29, 1.82) is 0 Å². The average Bonchev–Trinajstić information content (AvgIpc) is 2.77. The van der Waals surface area contributed by atoms with Crippen LogP contribution in [0.5, 0.6) is 5.75 Å². The van der Waals surface area contributed by atoms with Crippen LogP contribution < -0.4 is 10.1 Å². The van der Waals surface area contributed by atoms with Gasteiger partial charge < -0.3 is 10.1 Å². The summed E-state index contributed by atoms with van der Waals surface area (Å²) in [5.41, 5.74) is 2.58. The predicted octanol–water partition coefficient (Wildman–Crippen LogP) is 5.21. The minimum atomic E-state index is 0.762. The van der Waals surface area contributed by atoms with Gasteiger partial charge >= 0.3 is 0 Å². The molecule has 0 saturated carbocycles. The molecule has 0 aliphatic heterocycles. The monoisotopic (exact) mass is 367 g/mol. The van der Waals surface area contributed by atoms with Gasteiger partial charge in [-0.1, -0.05) is 22.9 Å². The van der Waals surface area contributed by atoms with E-state index in [0.717, 1.165) is 36.3 Å². The van der Waals surface area contributed by atoms with Crippen molar-refractivity contribution in [2.24, 2.45) is 0 Å². The highest BCUT2D eigenvalue weighted by Gasteiger charge is 2.06. The number of hydrogen-bond donors (Lipinski definition) is 1. The van der Waals surface area contributed by atoms with Crippen molar-refractivity contribution in [2.75, 3.05) is 6.61 Å². The highest BCUT2D eigenvalue weighted by Crippen LogP contribution is 2.24. The molecular formula is C17H22BrNOS. The van der Waals surface area contributed by atoms with E-state index in [-0.39, 0.29) is 0 Å². The Kier molecular flexibility index (Phi) is 6.27. The lowest BCUT2D eigenvalue weighted by molar-refractivity contribution is 0.313.